The van der Waals surface area contributed by atoms with Gasteiger partial charge in [-0.2, -0.15) is 70.2 Å². The van der Waals surface area contributed by atoms with Crippen LogP contribution in [0.4, 0.5) is 70.2 Å². The molecule has 2 unspecified atom stereocenters. The van der Waals surface area contributed by atoms with E-state index in [1.165, 1.54) is 20.8 Å². The van der Waals surface area contributed by atoms with Crippen LogP contribution in [0.3, 0.4) is 0 Å². The predicted molar refractivity (Wildman–Crippen MR) is 186 cm³/mol. The highest BCUT2D eigenvalue weighted by Crippen LogP contribution is 2.59. The number of cyclic esters (lactones) is 1. The van der Waals surface area contributed by atoms with Crippen LogP contribution >= 0.6 is 0 Å². The summed E-state index contributed by atoms with van der Waals surface area (Å²) >= 11 is 0. The van der Waals surface area contributed by atoms with Gasteiger partial charge in [-0.05, 0) is 86.5 Å². The van der Waals surface area contributed by atoms with Gasteiger partial charge in [0.2, 0.25) is 6.10 Å². The van der Waals surface area contributed by atoms with Crippen molar-refractivity contribution in [2.24, 2.45) is 28.1 Å². The zero-order valence-corrected chi connectivity index (χ0v) is 35.6. The summed E-state index contributed by atoms with van der Waals surface area (Å²) in [7, 11) is 0. The van der Waals surface area contributed by atoms with Crippen molar-refractivity contribution in [2.75, 3.05) is 6.61 Å². The van der Waals surface area contributed by atoms with Gasteiger partial charge in [0, 0.05) is 18.3 Å². The Morgan fingerprint density at radius 1 is 0.603 bits per heavy atom. The fourth-order valence-electron chi connectivity index (χ4n) is 5.96. The molecule has 9 nitrogen and oxygen atoms in total. The summed E-state index contributed by atoms with van der Waals surface area (Å²) in [5.41, 5.74) is -13.7. The molecule has 63 heavy (non-hydrogen) atoms. The van der Waals surface area contributed by atoms with Crippen molar-refractivity contribution in [3.05, 3.63) is 0 Å². The third-order valence-corrected chi connectivity index (χ3v) is 11.9. The second kappa shape index (κ2) is 19.3. The van der Waals surface area contributed by atoms with Crippen molar-refractivity contribution in [2.45, 2.75) is 180 Å². The van der Waals surface area contributed by atoms with Gasteiger partial charge in [0.15, 0.2) is 6.10 Å². The lowest BCUT2D eigenvalue weighted by molar-refractivity contribution is -0.400. The zero-order valence-electron chi connectivity index (χ0n) is 35.6. The number of halogens is 16. The molecule has 2 atom stereocenters. The lowest BCUT2D eigenvalue weighted by atomic mass is 9.67. The molecule has 0 aromatic rings. The second-order valence-electron chi connectivity index (χ2n) is 17.4. The van der Waals surface area contributed by atoms with Crippen LogP contribution in [0, 0.1) is 28.1 Å². The van der Waals surface area contributed by atoms with E-state index in [0.717, 1.165) is 13.8 Å². The molecular weight excluding hydrogens is 904 g/mol. The van der Waals surface area contributed by atoms with E-state index in [1.54, 1.807) is 20.8 Å². The first kappa shape index (κ1) is 57.7. The Morgan fingerprint density at radius 3 is 1.27 bits per heavy atom. The molecule has 2 saturated carbocycles. The molecule has 0 bridgehead atoms. The number of alkyl halides is 16. The standard InChI is InChI=1S/C18H22F12O3.C10H14F4O2.C10H16O4/c1-4-12(2,3)11(31)33-14(17(25,26)27,18(28,29)30)10-7-5-9(6-8-10)13(32,15(19,20)21)16(22,23)24;1-4-8(2,3)7(15)16-6-5-9(11,12)10(6,13)14;1-4-10(2,3)9(12)14-7-5-6-13-8(7)11/h9-10,32H,4-8H2,1-3H3;6H,4-5H2,1-3H3;7H,4-6H2,1-3H3. The van der Waals surface area contributed by atoms with Gasteiger partial charge in [-0.15, -0.1) is 0 Å². The molecule has 3 aliphatic rings. The van der Waals surface area contributed by atoms with Crippen molar-refractivity contribution in [3.8, 4) is 0 Å². The summed E-state index contributed by atoms with van der Waals surface area (Å²) in [6.45, 7) is 13.9. The van der Waals surface area contributed by atoms with Gasteiger partial charge >= 0.3 is 66.0 Å². The van der Waals surface area contributed by atoms with E-state index in [0.29, 0.717) is 25.9 Å². The Morgan fingerprint density at radius 2 is 0.968 bits per heavy atom. The first-order valence-corrected chi connectivity index (χ1v) is 19.5. The van der Waals surface area contributed by atoms with Gasteiger partial charge < -0.3 is 24.1 Å². The van der Waals surface area contributed by atoms with Gasteiger partial charge in [0.1, 0.15) is 0 Å². The van der Waals surface area contributed by atoms with Crippen molar-refractivity contribution >= 4 is 23.9 Å². The smallest absolute Gasteiger partial charge is 0.437 e. The van der Waals surface area contributed by atoms with Crippen molar-refractivity contribution in [1.29, 1.82) is 0 Å². The molecule has 0 amide bonds. The average molecular weight is 957 g/mol. The Bertz CT molecular complexity index is 1560. The molecule has 370 valence electrons. The number of hydrogen-bond donors (Lipinski definition) is 1. The number of hydrogen-bond acceptors (Lipinski definition) is 9. The molecule has 1 saturated heterocycles. The Hall–Kier alpha value is -3.28. The van der Waals surface area contributed by atoms with Gasteiger partial charge in [0.25, 0.3) is 5.60 Å². The fourth-order valence-corrected chi connectivity index (χ4v) is 5.96. The third-order valence-electron chi connectivity index (χ3n) is 11.9. The Balaban J connectivity index is 0.000000544. The van der Waals surface area contributed by atoms with Crippen molar-refractivity contribution < 1.29 is 113 Å². The van der Waals surface area contributed by atoms with Gasteiger partial charge in [-0.3, -0.25) is 14.4 Å². The molecule has 1 N–H and O–H groups in total. The SMILES string of the molecule is CCC(C)(C)C(=O)OC(C1CCC(C(O)(C(F)(F)F)C(F)(F)F)CC1)(C(F)(F)F)C(F)(F)F.CCC(C)(C)C(=O)OC1CC(F)(F)C1(F)F.CCC(C)(C)C(=O)OC1CCOC1=O. The summed E-state index contributed by atoms with van der Waals surface area (Å²) < 4.78 is 230. The van der Waals surface area contributed by atoms with Gasteiger partial charge in [0.05, 0.1) is 29.3 Å². The largest absolute Gasteiger partial charge is 0.463 e. The van der Waals surface area contributed by atoms with Crippen LogP contribution < -0.4 is 0 Å². The van der Waals surface area contributed by atoms with E-state index in [9.17, 15) is 94.5 Å². The molecule has 2 aliphatic carbocycles. The summed E-state index contributed by atoms with van der Waals surface area (Å²) in [5.74, 6) is -17.3. The molecular formula is C38H52F16O9. The van der Waals surface area contributed by atoms with Crippen LogP contribution in [0.2, 0.25) is 0 Å². The topological polar surface area (TPSA) is 125 Å². The van der Waals surface area contributed by atoms with Crippen molar-refractivity contribution in [1.82, 2.24) is 0 Å². The number of aliphatic hydroxyl groups is 1. The Kier molecular flexibility index (Phi) is 17.7. The summed E-state index contributed by atoms with van der Waals surface area (Å²) in [6, 6.07) is 0. The highest BCUT2D eigenvalue weighted by atomic mass is 19.4. The maximum absolute atomic E-state index is 13.8. The van der Waals surface area contributed by atoms with E-state index < -0.39 is 138 Å². The molecule has 3 fully saturated rings. The van der Waals surface area contributed by atoms with E-state index >= 15 is 0 Å². The van der Waals surface area contributed by atoms with Gasteiger partial charge in [-0.25, -0.2) is 4.79 Å². The minimum absolute atomic E-state index is 0.228. The van der Waals surface area contributed by atoms with Crippen LogP contribution in [-0.2, 0) is 38.1 Å². The van der Waals surface area contributed by atoms with E-state index in [2.05, 4.69) is 9.47 Å². The molecule has 0 spiro atoms. The van der Waals surface area contributed by atoms with Crippen LogP contribution in [0.25, 0.3) is 0 Å². The number of rotatable bonds is 11. The molecule has 3 rings (SSSR count). The third kappa shape index (κ3) is 12.1. The Labute approximate surface area is 352 Å². The fraction of sp³-hybridized carbons (Fsp3) is 0.895. The quantitative estimate of drug-likeness (QED) is 0.122. The van der Waals surface area contributed by atoms with Crippen molar-refractivity contribution in [3.63, 3.8) is 0 Å². The first-order chi connectivity index (χ1) is 27.9. The number of carbonyl (C=O) groups excluding carboxylic acids is 4. The van der Waals surface area contributed by atoms with Crippen LogP contribution in [0.5, 0.6) is 0 Å². The summed E-state index contributed by atoms with van der Waals surface area (Å²) in [4.78, 5) is 46.2. The highest BCUT2D eigenvalue weighted by Gasteiger charge is 2.79. The average Bonchev–Trinajstić information content (AvgIpc) is 3.54. The number of ether oxygens (including phenoxy) is 4. The monoisotopic (exact) mass is 956 g/mol. The minimum Gasteiger partial charge on any atom is -0.463 e. The van der Waals surface area contributed by atoms with Crippen LogP contribution in [0.1, 0.15) is 120 Å². The summed E-state index contributed by atoms with van der Waals surface area (Å²) in [5, 5.41) is 9.42. The zero-order chi connectivity index (χ0) is 50.0. The molecule has 1 heterocycles. The second-order valence-corrected chi connectivity index (χ2v) is 17.4. The van der Waals surface area contributed by atoms with Crippen LogP contribution in [0.15, 0.2) is 0 Å². The lowest BCUT2D eigenvalue weighted by Gasteiger charge is -2.47. The number of carbonyl (C=O) groups is 4. The maximum Gasteiger partial charge on any atom is 0.437 e. The molecule has 0 aromatic heterocycles. The number of esters is 4. The van der Waals surface area contributed by atoms with E-state index in [1.807, 2.05) is 6.92 Å². The van der Waals surface area contributed by atoms with Crippen LogP contribution in [-0.4, -0.2) is 95.6 Å². The molecule has 25 heteroatoms. The summed E-state index contributed by atoms with van der Waals surface area (Å²) in [6.07, 6.45) is -33.5. The van der Waals surface area contributed by atoms with E-state index in [4.69, 9.17) is 9.47 Å². The lowest BCUT2D eigenvalue weighted by Crippen LogP contribution is -2.66. The molecule has 1 aliphatic heterocycles. The molecule has 0 radical (unpaired) electrons. The predicted octanol–water partition coefficient (Wildman–Crippen LogP) is 10.8. The molecule has 0 aromatic carbocycles. The highest BCUT2D eigenvalue weighted by molar-refractivity contribution is 5.82. The van der Waals surface area contributed by atoms with Gasteiger partial charge in [-0.1, -0.05) is 20.8 Å². The minimum atomic E-state index is -6.29. The first-order valence-electron chi connectivity index (χ1n) is 19.5. The normalized spacial score (nSPS) is 23.4. The van der Waals surface area contributed by atoms with E-state index in [-0.39, 0.29) is 12.4 Å². The maximum atomic E-state index is 13.8.